The standard InChI is InChI=1S/C4H4Cl2O4/c5-3(7)9-1-2-10-4(6)8/h1-2H2. The third kappa shape index (κ3) is 7.52. The number of halogens is 2. The molecule has 0 radical (unpaired) electrons. The molecular weight excluding hydrogens is 183 g/mol. The zero-order chi connectivity index (χ0) is 7.98. The van der Waals surface area contributed by atoms with Gasteiger partial charge in [0.2, 0.25) is 0 Å². The van der Waals surface area contributed by atoms with Crippen LogP contribution < -0.4 is 0 Å². The summed E-state index contributed by atoms with van der Waals surface area (Å²) in [5.74, 6) is 0. The minimum Gasteiger partial charge on any atom is -0.450 e. The highest BCUT2D eigenvalue weighted by molar-refractivity contribution is 6.61. The van der Waals surface area contributed by atoms with Crippen LogP contribution in [0.15, 0.2) is 0 Å². The average molecular weight is 187 g/mol. The summed E-state index contributed by atoms with van der Waals surface area (Å²) in [6.45, 7) is -0.165. The number of rotatable bonds is 3. The maximum atomic E-state index is 9.86. The van der Waals surface area contributed by atoms with Gasteiger partial charge in [-0.25, -0.2) is 9.59 Å². The predicted octanol–water partition coefficient (Wildman–Crippen LogP) is 1.74. The summed E-state index contributed by atoms with van der Waals surface area (Å²) in [6, 6.07) is 0. The summed E-state index contributed by atoms with van der Waals surface area (Å²) in [4.78, 5) is 19.7. The van der Waals surface area contributed by atoms with Gasteiger partial charge in [-0.05, 0) is 0 Å². The Balaban J connectivity index is 3.06. The smallest absolute Gasteiger partial charge is 0.403 e. The van der Waals surface area contributed by atoms with Gasteiger partial charge >= 0.3 is 10.9 Å². The largest absolute Gasteiger partial charge is 0.450 e. The van der Waals surface area contributed by atoms with E-state index < -0.39 is 10.9 Å². The van der Waals surface area contributed by atoms with E-state index in [9.17, 15) is 9.59 Å². The predicted molar refractivity (Wildman–Crippen MR) is 34.4 cm³/mol. The zero-order valence-electron chi connectivity index (χ0n) is 4.80. The van der Waals surface area contributed by atoms with Gasteiger partial charge in [0, 0.05) is 23.2 Å². The third-order valence-electron chi connectivity index (χ3n) is 0.514. The van der Waals surface area contributed by atoms with E-state index in [1.807, 2.05) is 0 Å². The first-order valence-electron chi connectivity index (χ1n) is 2.27. The van der Waals surface area contributed by atoms with Crippen molar-refractivity contribution in [1.82, 2.24) is 0 Å². The molecular formula is C4H4Cl2O4. The lowest BCUT2D eigenvalue weighted by Crippen LogP contribution is -2.06. The summed E-state index contributed by atoms with van der Waals surface area (Å²) in [5.41, 5.74) is -1.88. The Bertz CT molecular complexity index is 119. The molecule has 0 fully saturated rings. The van der Waals surface area contributed by atoms with Gasteiger partial charge in [-0.1, -0.05) is 0 Å². The topological polar surface area (TPSA) is 52.6 Å². The fourth-order valence-electron chi connectivity index (χ4n) is 0.244. The van der Waals surface area contributed by atoms with Gasteiger partial charge in [0.25, 0.3) is 0 Å². The van der Waals surface area contributed by atoms with E-state index in [0.29, 0.717) is 0 Å². The average Bonchev–Trinajstić information content (AvgIpc) is 1.79. The second kappa shape index (κ2) is 5.32. The molecule has 0 aromatic heterocycles. The fraction of sp³-hybridized carbons (Fsp3) is 0.500. The molecule has 0 atom stereocenters. The fourth-order valence-corrected chi connectivity index (χ4v) is 0.398. The molecule has 6 heteroatoms. The number of hydrogen-bond acceptors (Lipinski definition) is 4. The van der Waals surface area contributed by atoms with Crippen LogP contribution in [0.5, 0.6) is 0 Å². The maximum absolute atomic E-state index is 9.86. The van der Waals surface area contributed by atoms with Crippen LogP contribution in [0.4, 0.5) is 9.59 Å². The van der Waals surface area contributed by atoms with E-state index in [0.717, 1.165) is 0 Å². The number of carbonyl (C=O) groups is 2. The Hall–Kier alpha value is -0.480. The second-order valence-corrected chi connectivity index (χ2v) is 1.79. The van der Waals surface area contributed by atoms with Crippen molar-refractivity contribution in [1.29, 1.82) is 0 Å². The Labute approximate surface area is 67.0 Å². The Kier molecular flexibility index (Phi) is 5.06. The van der Waals surface area contributed by atoms with Gasteiger partial charge < -0.3 is 9.47 Å². The molecule has 0 N–H and O–H groups in total. The van der Waals surface area contributed by atoms with Crippen molar-refractivity contribution in [2.75, 3.05) is 13.2 Å². The van der Waals surface area contributed by atoms with Crippen molar-refractivity contribution < 1.29 is 19.1 Å². The van der Waals surface area contributed by atoms with E-state index in [4.69, 9.17) is 23.2 Å². The Morgan fingerprint density at radius 2 is 1.30 bits per heavy atom. The summed E-state index contributed by atoms with van der Waals surface area (Å²) in [5, 5.41) is 0. The molecule has 0 aliphatic heterocycles. The molecule has 0 saturated heterocycles. The molecule has 0 aliphatic rings. The first-order chi connectivity index (χ1) is 4.63. The van der Waals surface area contributed by atoms with E-state index in [2.05, 4.69) is 9.47 Å². The van der Waals surface area contributed by atoms with Crippen LogP contribution in [0.25, 0.3) is 0 Å². The van der Waals surface area contributed by atoms with Crippen molar-refractivity contribution in [2.45, 2.75) is 0 Å². The number of carbonyl (C=O) groups excluding carboxylic acids is 2. The van der Waals surface area contributed by atoms with E-state index >= 15 is 0 Å². The molecule has 58 valence electrons. The first-order valence-corrected chi connectivity index (χ1v) is 3.03. The van der Waals surface area contributed by atoms with Crippen LogP contribution in [-0.2, 0) is 9.47 Å². The highest BCUT2D eigenvalue weighted by Crippen LogP contribution is 1.89. The molecule has 0 spiro atoms. The number of ether oxygens (including phenoxy) is 2. The summed E-state index contributed by atoms with van der Waals surface area (Å²) in [7, 11) is 0. The first kappa shape index (κ1) is 9.52. The van der Waals surface area contributed by atoms with Crippen molar-refractivity contribution >= 4 is 34.1 Å². The summed E-state index contributed by atoms with van der Waals surface area (Å²) < 4.78 is 8.37. The van der Waals surface area contributed by atoms with Gasteiger partial charge in [-0.2, -0.15) is 0 Å². The molecule has 0 amide bonds. The molecule has 0 heterocycles. The maximum Gasteiger partial charge on any atom is 0.403 e. The highest BCUT2D eigenvalue weighted by atomic mass is 35.5. The quantitative estimate of drug-likeness (QED) is 0.498. The molecule has 4 nitrogen and oxygen atoms in total. The van der Waals surface area contributed by atoms with E-state index in [-0.39, 0.29) is 13.2 Å². The highest BCUT2D eigenvalue weighted by Gasteiger charge is 1.97. The minimum absolute atomic E-state index is 0.0825. The van der Waals surface area contributed by atoms with Crippen LogP contribution in [0.2, 0.25) is 0 Å². The SMILES string of the molecule is O=C(Cl)OCCOC(=O)Cl. The number of hydrogen-bond donors (Lipinski definition) is 0. The molecule has 0 bridgehead atoms. The van der Waals surface area contributed by atoms with E-state index in [1.54, 1.807) is 0 Å². The van der Waals surface area contributed by atoms with Crippen molar-refractivity contribution in [3.05, 3.63) is 0 Å². The van der Waals surface area contributed by atoms with Gasteiger partial charge in [0.15, 0.2) is 0 Å². The second-order valence-electron chi connectivity index (χ2n) is 1.17. The lowest BCUT2D eigenvalue weighted by Gasteiger charge is -1.98. The Morgan fingerprint density at radius 3 is 1.50 bits per heavy atom. The zero-order valence-corrected chi connectivity index (χ0v) is 6.31. The van der Waals surface area contributed by atoms with Gasteiger partial charge in [-0.15, -0.1) is 0 Å². The molecule has 0 aromatic carbocycles. The van der Waals surface area contributed by atoms with Crippen molar-refractivity contribution in [3.8, 4) is 0 Å². The minimum atomic E-state index is -0.939. The molecule has 0 aromatic rings. The van der Waals surface area contributed by atoms with Crippen molar-refractivity contribution in [3.63, 3.8) is 0 Å². The Morgan fingerprint density at radius 1 is 1.00 bits per heavy atom. The molecule has 0 rings (SSSR count). The summed E-state index contributed by atoms with van der Waals surface area (Å²) >= 11 is 9.52. The van der Waals surface area contributed by atoms with E-state index in [1.165, 1.54) is 0 Å². The molecule has 0 saturated carbocycles. The van der Waals surface area contributed by atoms with Crippen LogP contribution >= 0.6 is 23.2 Å². The van der Waals surface area contributed by atoms with Crippen molar-refractivity contribution in [2.24, 2.45) is 0 Å². The van der Waals surface area contributed by atoms with Crippen LogP contribution in [-0.4, -0.2) is 24.1 Å². The molecule has 10 heavy (non-hydrogen) atoms. The van der Waals surface area contributed by atoms with Crippen LogP contribution in [0.3, 0.4) is 0 Å². The van der Waals surface area contributed by atoms with Gasteiger partial charge in [0.1, 0.15) is 13.2 Å². The molecule has 0 unspecified atom stereocenters. The van der Waals surface area contributed by atoms with Gasteiger partial charge in [-0.3, -0.25) is 0 Å². The summed E-state index contributed by atoms with van der Waals surface area (Å²) in [6.07, 6.45) is 0. The third-order valence-corrected chi connectivity index (χ3v) is 0.733. The lowest BCUT2D eigenvalue weighted by molar-refractivity contribution is 0.121. The molecule has 0 aliphatic carbocycles. The monoisotopic (exact) mass is 186 g/mol. The lowest BCUT2D eigenvalue weighted by atomic mass is 10.8. The van der Waals surface area contributed by atoms with Crippen LogP contribution in [0, 0.1) is 0 Å². The van der Waals surface area contributed by atoms with Crippen LogP contribution in [0.1, 0.15) is 0 Å². The van der Waals surface area contributed by atoms with Gasteiger partial charge in [0.05, 0.1) is 0 Å². The normalized spacial score (nSPS) is 8.60.